The van der Waals surface area contributed by atoms with Crippen LogP contribution in [-0.2, 0) is 27.2 Å². The second-order valence-electron chi connectivity index (χ2n) is 1.02. The number of thiol groups is 1. The largest absolute Gasteiger partial charge is 0.332 e. The van der Waals surface area contributed by atoms with E-state index >= 15 is 0 Å². The van der Waals surface area contributed by atoms with Gasteiger partial charge in [-0.1, -0.05) is 0 Å². The van der Waals surface area contributed by atoms with Crippen LogP contribution >= 0.6 is 12.6 Å². The van der Waals surface area contributed by atoms with E-state index in [9.17, 15) is 4.79 Å². The third kappa shape index (κ3) is 9.57. The van der Waals surface area contributed by atoms with Gasteiger partial charge in [-0.3, -0.25) is 4.79 Å². The molecule has 0 bridgehead atoms. The van der Waals surface area contributed by atoms with E-state index in [0.717, 1.165) is 0 Å². The normalized spacial score (nSPS) is 8.25. The summed E-state index contributed by atoms with van der Waals surface area (Å²) in [6.45, 7) is 1.44. The Labute approximate surface area is 69.6 Å². The minimum absolute atomic E-state index is 0. The molecular formula is C4H7AgNOS. The third-order valence-corrected chi connectivity index (χ3v) is 0.510. The molecule has 0 heterocycles. The molecule has 0 saturated heterocycles. The van der Waals surface area contributed by atoms with E-state index in [1.807, 2.05) is 0 Å². The fourth-order valence-corrected chi connectivity index (χ4v) is 0.229. The van der Waals surface area contributed by atoms with Crippen molar-refractivity contribution in [3.63, 3.8) is 0 Å². The summed E-state index contributed by atoms with van der Waals surface area (Å²) in [7, 11) is 0. The Morgan fingerprint density at radius 1 is 1.75 bits per heavy atom. The van der Waals surface area contributed by atoms with E-state index in [0.29, 0.717) is 0 Å². The zero-order chi connectivity index (χ0) is 5.70. The van der Waals surface area contributed by atoms with Crippen LogP contribution < -0.4 is 5.32 Å². The number of carbonyl (C=O) groups is 1. The van der Waals surface area contributed by atoms with E-state index in [1.165, 1.54) is 18.5 Å². The Morgan fingerprint density at radius 3 is 2.38 bits per heavy atom. The molecule has 0 aromatic carbocycles. The molecule has 4 heteroatoms. The topological polar surface area (TPSA) is 29.1 Å². The van der Waals surface area contributed by atoms with Gasteiger partial charge < -0.3 is 5.32 Å². The molecule has 0 fully saturated rings. The summed E-state index contributed by atoms with van der Waals surface area (Å²) in [5.74, 6) is -0.0784. The van der Waals surface area contributed by atoms with Crippen LogP contribution in [0.1, 0.15) is 6.92 Å². The van der Waals surface area contributed by atoms with Crippen molar-refractivity contribution < 1.29 is 27.2 Å². The van der Waals surface area contributed by atoms with Gasteiger partial charge in [0, 0.05) is 35.5 Å². The van der Waals surface area contributed by atoms with E-state index in [4.69, 9.17) is 0 Å². The van der Waals surface area contributed by atoms with Crippen LogP contribution in [0.5, 0.6) is 0 Å². The van der Waals surface area contributed by atoms with Crippen molar-refractivity contribution in [2.24, 2.45) is 0 Å². The van der Waals surface area contributed by atoms with Crippen molar-refractivity contribution in [2.75, 3.05) is 0 Å². The van der Waals surface area contributed by atoms with Gasteiger partial charge in [0.15, 0.2) is 0 Å². The number of hydrogen-bond donors (Lipinski definition) is 2. The minimum Gasteiger partial charge on any atom is -0.332 e. The van der Waals surface area contributed by atoms with Crippen molar-refractivity contribution in [3.05, 3.63) is 11.6 Å². The van der Waals surface area contributed by atoms with Crippen LogP contribution in [0.2, 0.25) is 0 Å². The van der Waals surface area contributed by atoms with E-state index in [-0.39, 0.29) is 28.3 Å². The molecule has 51 valence electrons. The second kappa shape index (κ2) is 7.30. The summed E-state index contributed by atoms with van der Waals surface area (Å²) in [6.07, 6.45) is 1.46. The number of nitrogens with one attached hydrogen (secondary N) is 1. The second-order valence-corrected chi connectivity index (χ2v) is 1.31. The first kappa shape index (κ1) is 11.1. The molecule has 0 unspecified atom stereocenters. The van der Waals surface area contributed by atoms with Gasteiger partial charge in [0.05, 0.1) is 0 Å². The number of amides is 1. The smallest absolute Gasteiger partial charge is 0.220 e. The fraction of sp³-hybridized carbons (Fsp3) is 0.250. The summed E-state index contributed by atoms with van der Waals surface area (Å²) in [5.41, 5.74) is 0. The van der Waals surface area contributed by atoms with Gasteiger partial charge in [-0.05, 0) is 5.41 Å². The summed E-state index contributed by atoms with van der Waals surface area (Å²) in [4.78, 5) is 10.0. The Hall–Kier alpha value is 0.300. The van der Waals surface area contributed by atoms with Crippen LogP contribution in [0.3, 0.4) is 0 Å². The Bertz CT molecular complexity index is 94.0. The molecule has 0 aliphatic rings. The van der Waals surface area contributed by atoms with Crippen LogP contribution in [0.15, 0.2) is 11.6 Å². The number of rotatable bonds is 1. The van der Waals surface area contributed by atoms with Crippen LogP contribution in [0.4, 0.5) is 0 Å². The maximum atomic E-state index is 10.0. The average molecular weight is 225 g/mol. The average Bonchev–Trinajstić information content (AvgIpc) is 1.61. The first-order valence-corrected chi connectivity index (χ1v) is 2.35. The monoisotopic (exact) mass is 224 g/mol. The molecule has 0 spiro atoms. The molecule has 0 aliphatic carbocycles. The molecule has 2 nitrogen and oxygen atoms in total. The number of hydrogen-bond acceptors (Lipinski definition) is 2. The van der Waals surface area contributed by atoms with Crippen LogP contribution in [0.25, 0.3) is 0 Å². The summed E-state index contributed by atoms with van der Waals surface area (Å²) in [5, 5.41) is 3.86. The number of carbonyl (C=O) groups excluding carboxylic acids is 1. The first-order valence-electron chi connectivity index (χ1n) is 1.83. The minimum atomic E-state index is -0.0784. The van der Waals surface area contributed by atoms with E-state index in [1.54, 1.807) is 0 Å². The van der Waals surface area contributed by atoms with Crippen molar-refractivity contribution in [2.45, 2.75) is 6.92 Å². The molecular weight excluding hydrogens is 218 g/mol. The Kier molecular flexibility index (Phi) is 10.2. The van der Waals surface area contributed by atoms with Gasteiger partial charge in [0.1, 0.15) is 0 Å². The third-order valence-electron chi connectivity index (χ3n) is 0.361. The summed E-state index contributed by atoms with van der Waals surface area (Å²) >= 11 is 3.70. The van der Waals surface area contributed by atoms with Crippen molar-refractivity contribution in [1.29, 1.82) is 0 Å². The van der Waals surface area contributed by atoms with Crippen molar-refractivity contribution >= 4 is 18.5 Å². The Balaban J connectivity index is 0. The first-order chi connectivity index (χ1) is 3.27. The van der Waals surface area contributed by atoms with Gasteiger partial charge in [-0.25, -0.2) is 0 Å². The van der Waals surface area contributed by atoms with Gasteiger partial charge in [0.2, 0.25) is 5.91 Å². The zero-order valence-electron chi connectivity index (χ0n) is 4.31. The predicted octanol–water partition coefficient (Wildman–Crippen LogP) is 0.521. The SMILES string of the molecule is CC(=O)NC=CS.[Ag]. The Morgan fingerprint density at radius 2 is 2.25 bits per heavy atom. The molecule has 1 N–H and O–H groups in total. The van der Waals surface area contributed by atoms with Crippen LogP contribution in [0, 0.1) is 0 Å². The quantitative estimate of drug-likeness (QED) is 0.494. The van der Waals surface area contributed by atoms with Crippen LogP contribution in [-0.4, -0.2) is 5.91 Å². The maximum absolute atomic E-state index is 10.0. The molecule has 8 heavy (non-hydrogen) atoms. The summed E-state index contributed by atoms with van der Waals surface area (Å²) in [6, 6.07) is 0. The fourth-order valence-electron chi connectivity index (χ4n) is 0.155. The molecule has 1 amide bonds. The molecule has 0 aromatic heterocycles. The molecule has 0 rings (SSSR count). The zero-order valence-corrected chi connectivity index (χ0v) is 6.69. The molecule has 1 radical (unpaired) electrons. The standard InChI is InChI=1S/C4H7NOS.Ag/c1-4(6)5-2-3-7;/h2-3,7H,1H3,(H,5,6);. The predicted molar refractivity (Wildman–Crippen MR) is 31.9 cm³/mol. The van der Waals surface area contributed by atoms with E-state index < -0.39 is 0 Å². The maximum Gasteiger partial charge on any atom is 0.220 e. The van der Waals surface area contributed by atoms with Crippen molar-refractivity contribution in [1.82, 2.24) is 5.32 Å². The van der Waals surface area contributed by atoms with Gasteiger partial charge >= 0.3 is 0 Å². The van der Waals surface area contributed by atoms with Crippen molar-refractivity contribution in [3.8, 4) is 0 Å². The molecule has 0 saturated carbocycles. The summed E-state index contributed by atoms with van der Waals surface area (Å²) < 4.78 is 0. The van der Waals surface area contributed by atoms with Gasteiger partial charge in [-0.2, -0.15) is 0 Å². The van der Waals surface area contributed by atoms with Gasteiger partial charge in [-0.15, -0.1) is 12.6 Å². The molecule has 0 aromatic rings. The molecule has 0 atom stereocenters. The van der Waals surface area contributed by atoms with Gasteiger partial charge in [0.25, 0.3) is 0 Å². The molecule has 0 aliphatic heterocycles. The van der Waals surface area contributed by atoms with E-state index in [2.05, 4.69) is 17.9 Å².